The molecule has 0 aliphatic heterocycles. The lowest BCUT2D eigenvalue weighted by Crippen LogP contribution is -2.00. The average molecular weight is 300 g/mol. The number of ether oxygens (including phenoxy) is 2. The molecule has 0 fully saturated rings. The van der Waals surface area contributed by atoms with Crippen molar-refractivity contribution in [3.63, 3.8) is 0 Å². The number of benzene rings is 1. The van der Waals surface area contributed by atoms with Crippen LogP contribution in [0.2, 0.25) is 0 Å². The molecule has 0 amide bonds. The molecule has 1 aromatic heterocycles. The zero-order chi connectivity index (χ0) is 16.1. The molecule has 0 saturated heterocycles. The third-order valence-corrected chi connectivity index (χ3v) is 3.26. The van der Waals surface area contributed by atoms with Crippen molar-refractivity contribution in [2.75, 3.05) is 14.2 Å². The van der Waals surface area contributed by atoms with Gasteiger partial charge in [-0.2, -0.15) is 5.10 Å². The molecule has 0 atom stereocenters. The first-order chi connectivity index (χ1) is 10.6. The van der Waals surface area contributed by atoms with Gasteiger partial charge in [0, 0.05) is 17.8 Å². The zero-order valence-electron chi connectivity index (χ0n) is 13.2. The molecule has 2 aromatic rings. The van der Waals surface area contributed by atoms with Crippen LogP contribution in [0.3, 0.4) is 0 Å². The summed E-state index contributed by atoms with van der Waals surface area (Å²) in [6.07, 6.45) is 6.56. The summed E-state index contributed by atoms with van der Waals surface area (Å²) in [5, 5.41) is 4.17. The van der Waals surface area contributed by atoms with Crippen LogP contribution in [-0.4, -0.2) is 29.8 Å². The van der Waals surface area contributed by atoms with Gasteiger partial charge in [0.05, 0.1) is 26.0 Å². The third-order valence-electron chi connectivity index (χ3n) is 3.26. The summed E-state index contributed by atoms with van der Waals surface area (Å²) in [6.45, 7) is 4.02. The molecule has 0 bridgehead atoms. The van der Waals surface area contributed by atoms with E-state index >= 15 is 0 Å². The summed E-state index contributed by atoms with van der Waals surface area (Å²) in [4.78, 5) is 12.2. The second kappa shape index (κ2) is 6.93. The molecule has 0 aliphatic rings. The molecule has 0 spiro atoms. The summed E-state index contributed by atoms with van der Waals surface area (Å²) in [7, 11) is 3.15. The number of rotatable bonds is 6. The first-order valence-electron chi connectivity index (χ1n) is 7.04. The van der Waals surface area contributed by atoms with Crippen LogP contribution in [0, 0.1) is 0 Å². The van der Waals surface area contributed by atoms with E-state index in [1.54, 1.807) is 37.4 Å². The number of nitrogens with zero attached hydrogens (tertiary/aromatic N) is 2. The van der Waals surface area contributed by atoms with Crippen molar-refractivity contribution in [2.24, 2.45) is 0 Å². The van der Waals surface area contributed by atoms with E-state index < -0.39 is 0 Å². The number of hydrogen-bond donors (Lipinski definition) is 0. The van der Waals surface area contributed by atoms with Gasteiger partial charge < -0.3 is 9.47 Å². The predicted octanol–water partition coefficient (Wildman–Crippen LogP) is 3.38. The van der Waals surface area contributed by atoms with Crippen LogP contribution >= 0.6 is 0 Å². The van der Waals surface area contributed by atoms with Crippen LogP contribution in [0.5, 0.6) is 11.5 Å². The summed E-state index contributed by atoms with van der Waals surface area (Å²) in [5.74, 6) is 1.13. The van der Waals surface area contributed by atoms with Crippen molar-refractivity contribution >= 4 is 11.9 Å². The fourth-order valence-electron chi connectivity index (χ4n) is 2.05. The molecule has 22 heavy (non-hydrogen) atoms. The second-order valence-electron chi connectivity index (χ2n) is 5.08. The standard InChI is InChI=1S/C17H20N2O3/c1-12(2)19-11-14(10-18-19)15(20)9-8-13-6-5-7-16(21-3)17(13)22-4/h5-12H,1-4H3/b9-8+. The van der Waals surface area contributed by atoms with Crippen molar-refractivity contribution < 1.29 is 14.3 Å². The van der Waals surface area contributed by atoms with Crippen molar-refractivity contribution in [2.45, 2.75) is 19.9 Å². The molecule has 0 aliphatic carbocycles. The van der Waals surface area contributed by atoms with E-state index in [4.69, 9.17) is 9.47 Å². The van der Waals surface area contributed by atoms with Crippen LogP contribution in [0.1, 0.15) is 35.8 Å². The Morgan fingerprint density at radius 1 is 1.27 bits per heavy atom. The summed E-state index contributed by atoms with van der Waals surface area (Å²) in [5.41, 5.74) is 1.35. The normalized spacial score (nSPS) is 11.1. The number of hydrogen-bond acceptors (Lipinski definition) is 4. The molecule has 2 rings (SSSR count). The smallest absolute Gasteiger partial charge is 0.189 e. The lowest BCUT2D eigenvalue weighted by atomic mass is 10.1. The van der Waals surface area contributed by atoms with Crippen LogP contribution in [0.15, 0.2) is 36.7 Å². The van der Waals surface area contributed by atoms with Crippen molar-refractivity contribution in [1.29, 1.82) is 0 Å². The van der Waals surface area contributed by atoms with Gasteiger partial charge in [-0.05, 0) is 32.1 Å². The number of para-hydroxylation sites is 1. The minimum absolute atomic E-state index is 0.100. The fraction of sp³-hybridized carbons (Fsp3) is 0.294. The van der Waals surface area contributed by atoms with Gasteiger partial charge in [-0.15, -0.1) is 0 Å². The average Bonchev–Trinajstić information content (AvgIpc) is 3.02. The maximum absolute atomic E-state index is 12.2. The second-order valence-corrected chi connectivity index (χ2v) is 5.08. The van der Waals surface area contributed by atoms with E-state index in [-0.39, 0.29) is 11.8 Å². The minimum atomic E-state index is -0.100. The SMILES string of the molecule is COc1cccc(/C=C/C(=O)c2cnn(C(C)C)c2)c1OC. The third kappa shape index (κ3) is 3.36. The Hall–Kier alpha value is -2.56. The first-order valence-corrected chi connectivity index (χ1v) is 7.04. The predicted molar refractivity (Wildman–Crippen MR) is 85.5 cm³/mol. The molecule has 116 valence electrons. The number of ketones is 1. The Kier molecular flexibility index (Phi) is 4.99. The number of allylic oxidation sites excluding steroid dienone is 1. The maximum Gasteiger partial charge on any atom is 0.189 e. The van der Waals surface area contributed by atoms with E-state index in [0.29, 0.717) is 17.1 Å². The quantitative estimate of drug-likeness (QED) is 0.606. The van der Waals surface area contributed by atoms with Gasteiger partial charge >= 0.3 is 0 Å². The highest BCUT2D eigenvalue weighted by molar-refractivity contribution is 6.06. The minimum Gasteiger partial charge on any atom is -0.493 e. The molecule has 5 heteroatoms. The molecule has 0 radical (unpaired) electrons. The van der Waals surface area contributed by atoms with Gasteiger partial charge in [-0.3, -0.25) is 9.48 Å². The Morgan fingerprint density at radius 3 is 2.64 bits per heavy atom. The summed E-state index contributed by atoms with van der Waals surface area (Å²) >= 11 is 0. The molecule has 0 unspecified atom stereocenters. The van der Waals surface area contributed by atoms with E-state index in [0.717, 1.165) is 5.56 Å². The number of methoxy groups -OCH3 is 2. The number of carbonyl (C=O) groups excluding carboxylic acids is 1. The Bertz CT molecular complexity index is 687. The van der Waals surface area contributed by atoms with Crippen LogP contribution in [0.25, 0.3) is 6.08 Å². The Labute approximate surface area is 130 Å². The van der Waals surface area contributed by atoms with E-state index in [1.165, 1.54) is 6.08 Å². The van der Waals surface area contributed by atoms with Crippen LogP contribution < -0.4 is 9.47 Å². The highest BCUT2D eigenvalue weighted by atomic mass is 16.5. The van der Waals surface area contributed by atoms with Crippen LogP contribution in [0.4, 0.5) is 0 Å². The summed E-state index contributed by atoms with van der Waals surface area (Å²) in [6, 6.07) is 5.75. The highest BCUT2D eigenvalue weighted by Gasteiger charge is 2.09. The molecule has 1 heterocycles. The zero-order valence-corrected chi connectivity index (χ0v) is 13.2. The van der Waals surface area contributed by atoms with Gasteiger partial charge in [0.2, 0.25) is 0 Å². The van der Waals surface area contributed by atoms with Gasteiger partial charge in [0.25, 0.3) is 0 Å². The lowest BCUT2D eigenvalue weighted by molar-refractivity contribution is 0.104. The maximum atomic E-state index is 12.2. The number of aromatic nitrogens is 2. The first kappa shape index (κ1) is 15.8. The monoisotopic (exact) mass is 300 g/mol. The molecular weight excluding hydrogens is 280 g/mol. The Morgan fingerprint density at radius 2 is 2.05 bits per heavy atom. The molecule has 0 saturated carbocycles. The highest BCUT2D eigenvalue weighted by Crippen LogP contribution is 2.31. The van der Waals surface area contributed by atoms with Gasteiger partial charge in [0.1, 0.15) is 0 Å². The van der Waals surface area contributed by atoms with Crippen molar-refractivity contribution in [3.8, 4) is 11.5 Å². The summed E-state index contributed by atoms with van der Waals surface area (Å²) < 4.78 is 12.3. The van der Waals surface area contributed by atoms with Crippen LogP contribution in [-0.2, 0) is 0 Å². The van der Waals surface area contributed by atoms with E-state index in [2.05, 4.69) is 5.10 Å². The molecule has 0 N–H and O–H groups in total. The van der Waals surface area contributed by atoms with Crippen molar-refractivity contribution in [1.82, 2.24) is 9.78 Å². The van der Waals surface area contributed by atoms with Gasteiger partial charge in [0.15, 0.2) is 17.3 Å². The van der Waals surface area contributed by atoms with E-state index in [9.17, 15) is 4.79 Å². The molecular formula is C17H20N2O3. The fourth-order valence-corrected chi connectivity index (χ4v) is 2.05. The molecule has 1 aromatic carbocycles. The topological polar surface area (TPSA) is 53.3 Å². The number of carbonyl (C=O) groups is 1. The van der Waals surface area contributed by atoms with Gasteiger partial charge in [-0.1, -0.05) is 12.1 Å². The molecule has 5 nitrogen and oxygen atoms in total. The van der Waals surface area contributed by atoms with Gasteiger partial charge in [-0.25, -0.2) is 0 Å². The van der Waals surface area contributed by atoms with Crippen molar-refractivity contribution in [3.05, 3.63) is 47.8 Å². The lowest BCUT2D eigenvalue weighted by Gasteiger charge is -2.09. The Balaban J connectivity index is 2.22. The van der Waals surface area contributed by atoms with E-state index in [1.807, 2.05) is 32.0 Å². The largest absolute Gasteiger partial charge is 0.493 e.